The van der Waals surface area contributed by atoms with Crippen LogP contribution in [-0.2, 0) is 9.59 Å². The predicted octanol–water partition coefficient (Wildman–Crippen LogP) is 2.69. The molecule has 122 valence electrons. The molecule has 5 nitrogen and oxygen atoms in total. The van der Waals surface area contributed by atoms with Gasteiger partial charge in [0.2, 0.25) is 5.91 Å². The summed E-state index contributed by atoms with van der Waals surface area (Å²) in [6.07, 6.45) is 0.796. The maximum absolute atomic E-state index is 11.7. The normalized spacial score (nSPS) is 12.0. The van der Waals surface area contributed by atoms with Gasteiger partial charge in [0.25, 0.3) is 0 Å². The van der Waals surface area contributed by atoms with Gasteiger partial charge in [0, 0.05) is 6.42 Å². The topological polar surface area (TPSA) is 75.6 Å². The van der Waals surface area contributed by atoms with Crippen molar-refractivity contribution in [3.63, 3.8) is 0 Å². The highest BCUT2D eigenvalue weighted by Crippen LogP contribution is 2.16. The Kier molecular flexibility index (Phi) is 6.89. The van der Waals surface area contributed by atoms with Gasteiger partial charge < -0.3 is 15.2 Å². The highest BCUT2D eigenvalue weighted by atomic mass is 16.5. The Morgan fingerprint density at radius 3 is 2.45 bits per heavy atom. The van der Waals surface area contributed by atoms with Crippen molar-refractivity contribution in [2.24, 2.45) is 5.92 Å². The minimum absolute atomic E-state index is 0.145. The van der Waals surface area contributed by atoms with E-state index in [0.29, 0.717) is 13.0 Å². The van der Waals surface area contributed by atoms with Crippen molar-refractivity contribution in [3.8, 4) is 5.75 Å². The first-order chi connectivity index (χ1) is 10.3. The summed E-state index contributed by atoms with van der Waals surface area (Å²) in [6.45, 7) is 8.02. The molecule has 0 saturated carbocycles. The molecule has 0 bridgehead atoms. The third-order valence-corrected chi connectivity index (χ3v) is 3.54. The second kappa shape index (κ2) is 8.41. The zero-order valence-corrected chi connectivity index (χ0v) is 13.7. The number of rotatable bonds is 8. The lowest BCUT2D eigenvalue weighted by molar-refractivity contribution is -0.143. The zero-order valence-electron chi connectivity index (χ0n) is 13.7. The Morgan fingerprint density at radius 1 is 1.23 bits per heavy atom. The number of aryl methyl sites for hydroxylation is 2. The molecular weight excluding hydrogens is 282 g/mol. The van der Waals surface area contributed by atoms with Gasteiger partial charge in [0.05, 0.1) is 6.61 Å². The van der Waals surface area contributed by atoms with Crippen LogP contribution in [0.25, 0.3) is 0 Å². The van der Waals surface area contributed by atoms with E-state index in [1.165, 1.54) is 5.56 Å². The molecule has 0 radical (unpaired) electrons. The summed E-state index contributed by atoms with van der Waals surface area (Å²) in [7, 11) is 0. The summed E-state index contributed by atoms with van der Waals surface area (Å²) in [5, 5.41) is 11.6. The summed E-state index contributed by atoms with van der Waals surface area (Å²) < 4.78 is 5.60. The maximum atomic E-state index is 11.7. The lowest BCUT2D eigenvalue weighted by Gasteiger charge is -2.17. The van der Waals surface area contributed by atoms with Gasteiger partial charge in [0.15, 0.2) is 0 Å². The van der Waals surface area contributed by atoms with Gasteiger partial charge in [0.1, 0.15) is 11.8 Å². The fourth-order valence-corrected chi connectivity index (χ4v) is 1.99. The van der Waals surface area contributed by atoms with E-state index in [-0.39, 0.29) is 18.2 Å². The molecule has 1 aromatic rings. The van der Waals surface area contributed by atoms with Gasteiger partial charge in [-0.1, -0.05) is 19.9 Å². The summed E-state index contributed by atoms with van der Waals surface area (Å²) in [4.78, 5) is 22.8. The minimum atomic E-state index is -1.00. The number of nitrogens with one attached hydrogen (secondary N) is 1. The smallest absolute Gasteiger partial charge is 0.326 e. The van der Waals surface area contributed by atoms with Crippen LogP contribution < -0.4 is 10.1 Å². The predicted molar refractivity (Wildman–Crippen MR) is 85.0 cm³/mol. The number of ether oxygens (including phenoxy) is 1. The van der Waals surface area contributed by atoms with Crippen LogP contribution in [0.15, 0.2) is 18.2 Å². The van der Waals surface area contributed by atoms with E-state index < -0.39 is 12.0 Å². The van der Waals surface area contributed by atoms with Gasteiger partial charge in [-0.3, -0.25) is 4.79 Å². The van der Waals surface area contributed by atoms with E-state index in [4.69, 9.17) is 9.84 Å². The molecule has 0 aliphatic heterocycles. The third-order valence-electron chi connectivity index (χ3n) is 3.54. The molecule has 1 aromatic carbocycles. The van der Waals surface area contributed by atoms with Crippen molar-refractivity contribution < 1.29 is 19.4 Å². The minimum Gasteiger partial charge on any atom is -0.494 e. The third kappa shape index (κ3) is 5.76. The lowest BCUT2D eigenvalue weighted by Crippen LogP contribution is -2.44. The van der Waals surface area contributed by atoms with Crippen LogP contribution >= 0.6 is 0 Å². The number of carbonyl (C=O) groups excluding carboxylic acids is 1. The molecular formula is C17H25NO4. The van der Waals surface area contributed by atoms with E-state index >= 15 is 0 Å². The molecule has 0 unspecified atom stereocenters. The van der Waals surface area contributed by atoms with E-state index in [2.05, 4.69) is 5.32 Å². The number of amides is 1. The van der Waals surface area contributed by atoms with Crippen molar-refractivity contribution >= 4 is 11.9 Å². The summed E-state index contributed by atoms with van der Waals surface area (Å²) in [5.41, 5.74) is 2.37. The lowest BCUT2D eigenvalue weighted by atomic mass is 10.0. The summed E-state index contributed by atoms with van der Waals surface area (Å²) in [5.74, 6) is -0.623. The Morgan fingerprint density at radius 2 is 1.91 bits per heavy atom. The van der Waals surface area contributed by atoms with Crippen molar-refractivity contribution in [1.29, 1.82) is 0 Å². The molecule has 22 heavy (non-hydrogen) atoms. The average molecular weight is 307 g/mol. The van der Waals surface area contributed by atoms with Gasteiger partial charge >= 0.3 is 5.97 Å². The molecule has 1 rings (SSSR count). The van der Waals surface area contributed by atoms with Crippen LogP contribution in [0.3, 0.4) is 0 Å². The van der Waals surface area contributed by atoms with Crippen molar-refractivity contribution in [3.05, 3.63) is 29.3 Å². The Bertz CT molecular complexity index is 525. The van der Waals surface area contributed by atoms with Crippen LogP contribution in [0.2, 0.25) is 0 Å². The van der Waals surface area contributed by atoms with E-state index in [9.17, 15) is 9.59 Å². The first-order valence-corrected chi connectivity index (χ1v) is 7.53. The number of carboxylic acid groups (broad SMARTS) is 1. The van der Waals surface area contributed by atoms with Gasteiger partial charge in [-0.15, -0.1) is 0 Å². The fourth-order valence-electron chi connectivity index (χ4n) is 1.99. The zero-order chi connectivity index (χ0) is 16.7. The summed E-state index contributed by atoms with van der Waals surface area (Å²) >= 11 is 0. The molecule has 1 atom stereocenters. The standard InChI is InChI=1S/C17H25NO4/c1-11(2)16(17(20)21)18-15(19)6-5-9-22-14-8-7-12(3)13(4)10-14/h7-8,10-11,16H,5-6,9H2,1-4H3,(H,18,19)(H,20,21)/t16-/m0/s1. The first kappa shape index (κ1) is 18.0. The number of benzene rings is 1. The Hall–Kier alpha value is -2.04. The molecule has 0 fully saturated rings. The summed E-state index contributed by atoms with van der Waals surface area (Å²) in [6, 6.07) is 5.03. The largest absolute Gasteiger partial charge is 0.494 e. The second-order valence-electron chi connectivity index (χ2n) is 5.83. The molecule has 1 amide bonds. The fraction of sp³-hybridized carbons (Fsp3) is 0.529. The number of hydrogen-bond donors (Lipinski definition) is 2. The Balaban J connectivity index is 2.33. The van der Waals surface area contributed by atoms with Crippen LogP contribution in [0.4, 0.5) is 0 Å². The second-order valence-corrected chi connectivity index (χ2v) is 5.83. The van der Waals surface area contributed by atoms with Gasteiger partial charge in [-0.05, 0) is 49.4 Å². The number of aliphatic carboxylic acids is 1. The number of carboxylic acids is 1. The van der Waals surface area contributed by atoms with E-state index in [0.717, 1.165) is 11.3 Å². The molecule has 0 saturated heterocycles. The first-order valence-electron chi connectivity index (χ1n) is 7.53. The van der Waals surface area contributed by atoms with Gasteiger partial charge in [-0.25, -0.2) is 4.79 Å². The Labute approximate surface area is 131 Å². The molecule has 2 N–H and O–H groups in total. The SMILES string of the molecule is Cc1ccc(OCCCC(=O)N[C@H](C(=O)O)C(C)C)cc1C. The molecule has 5 heteroatoms. The molecule has 0 aromatic heterocycles. The highest BCUT2D eigenvalue weighted by molar-refractivity contribution is 5.83. The van der Waals surface area contributed by atoms with Crippen LogP contribution in [0.1, 0.15) is 37.8 Å². The van der Waals surface area contributed by atoms with Gasteiger partial charge in [-0.2, -0.15) is 0 Å². The van der Waals surface area contributed by atoms with E-state index in [1.807, 2.05) is 32.0 Å². The number of carbonyl (C=O) groups is 2. The molecule has 0 heterocycles. The monoisotopic (exact) mass is 307 g/mol. The quantitative estimate of drug-likeness (QED) is 0.724. The van der Waals surface area contributed by atoms with E-state index in [1.54, 1.807) is 13.8 Å². The maximum Gasteiger partial charge on any atom is 0.326 e. The van der Waals surface area contributed by atoms with Crippen LogP contribution in [0.5, 0.6) is 5.75 Å². The highest BCUT2D eigenvalue weighted by Gasteiger charge is 2.22. The number of hydrogen-bond acceptors (Lipinski definition) is 3. The molecule has 0 aliphatic carbocycles. The molecule has 0 aliphatic rings. The van der Waals surface area contributed by atoms with Crippen molar-refractivity contribution in [2.45, 2.75) is 46.6 Å². The van der Waals surface area contributed by atoms with Crippen molar-refractivity contribution in [2.75, 3.05) is 6.61 Å². The van der Waals surface area contributed by atoms with Crippen molar-refractivity contribution in [1.82, 2.24) is 5.32 Å². The average Bonchev–Trinajstić information content (AvgIpc) is 2.44. The van der Waals surface area contributed by atoms with Crippen LogP contribution in [0, 0.1) is 19.8 Å². The van der Waals surface area contributed by atoms with Crippen LogP contribution in [-0.4, -0.2) is 29.6 Å². The molecule has 0 spiro atoms.